The van der Waals surface area contributed by atoms with Gasteiger partial charge in [0, 0.05) is 23.2 Å². The van der Waals surface area contributed by atoms with Gasteiger partial charge in [0.2, 0.25) is 0 Å². The Morgan fingerprint density at radius 3 is 2.71 bits per heavy atom. The smallest absolute Gasteiger partial charge is 0.120 e. The molecule has 0 radical (unpaired) electrons. The highest BCUT2D eigenvalue weighted by atomic mass is 16.5. The molecule has 1 aliphatic heterocycles. The highest BCUT2D eigenvalue weighted by molar-refractivity contribution is 5.63. The van der Waals surface area contributed by atoms with Crippen molar-refractivity contribution in [3.05, 3.63) is 23.8 Å². The van der Waals surface area contributed by atoms with Crippen LogP contribution in [0.15, 0.2) is 18.2 Å². The van der Waals surface area contributed by atoms with Crippen molar-refractivity contribution < 1.29 is 4.74 Å². The number of hydrogen-bond acceptors (Lipinski definition) is 2. The molecule has 1 aromatic carbocycles. The van der Waals surface area contributed by atoms with Crippen molar-refractivity contribution >= 4 is 5.69 Å². The molecule has 1 heterocycles. The number of benzene rings is 1. The maximum atomic E-state index is 5.20. The average molecular weight is 191 g/mol. The highest BCUT2D eigenvalue weighted by Crippen LogP contribution is 2.41. The summed E-state index contributed by atoms with van der Waals surface area (Å²) >= 11 is 0. The molecule has 0 bridgehead atoms. The van der Waals surface area contributed by atoms with Crippen LogP contribution in [0.5, 0.6) is 5.75 Å². The van der Waals surface area contributed by atoms with Gasteiger partial charge in [0.25, 0.3) is 0 Å². The van der Waals surface area contributed by atoms with Gasteiger partial charge in [0.15, 0.2) is 0 Å². The number of hydrogen-bond donors (Lipinski definition) is 1. The average Bonchev–Trinajstić information content (AvgIpc) is 2.38. The fourth-order valence-electron chi connectivity index (χ4n) is 1.98. The molecule has 0 saturated heterocycles. The fourth-order valence-corrected chi connectivity index (χ4v) is 1.98. The molecule has 2 rings (SSSR count). The zero-order valence-electron chi connectivity index (χ0n) is 9.22. The van der Waals surface area contributed by atoms with E-state index in [4.69, 9.17) is 4.74 Å². The highest BCUT2D eigenvalue weighted by Gasteiger charge is 2.36. The second kappa shape index (κ2) is 2.91. The lowest BCUT2D eigenvalue weighted by Crippen LogP contribution is -2.29. The minimum absolute atomic E-state index is 0.210. The van der Waals surface area contributed by atoms with Crippen LogP contribution in [0, 0.1) is 0 Å². The predicted octanol–water partition coefficient (Wildman–Crippen LogP) is 2.79. The van der Waals surface area contributed by atoms with Gasteiger partial charge in [-0.1, -0.05) is 19.9 Å². The molecule has 14 heavy (non-hydrogen) atoms. The van der Waals surface area contributed by atoms with Crippen LogP contribution in [0.2, 0.25) is 0 Å². The lowest BCUT2D eigenvalue weighted by Gasteiger charge is -2.23. The number of nitrogens with one attached hydrogen (secondary N) is 1. The third-order valence-electron chi connectivity index (χ3n) is 3.38. The van der Waals surface area contributed by atoms with E-state index in [0.29, 0.717) is 6.04 Å². The number of methoxy groups -OCH3 is 1. The molecule has 1 N–H and O–H groups in total. The van der Waals surface area contributed by atoms with Crippen molar-refractivity contribution in [2.24, 2.45) is 0 Å². The molecule has 2 heteroatoms. The number of anilines is 1. The van der Waals surface area contributed by atoms with Crippen LogP contribution < -0.4 is 10.1 Å². The van der Waals surface area contributed by atoms with Gasteiger partial charge >= 0.3 is 0 Å². The molecule has 0 aliphatic carbocycles. The van der Waals surface area contributed by atoms with E-state index in [2.05, 4.69) is 38.2 Å². The summed E-state index contributed by atoms with van der Waals surface area (Å²) in [6.07, 6.45) is 0. The molecular formula is C12H17NO. The van der Waals surface area contributed by atoms with Crippen LogP contribution in [-0.4, -0.2) is 13.2 Å². The van der Waals surface area contributed by atoms with Crippen molar-refractivity contribution in [3.8, 4) is 5.75 Å². The molecule has 0 spiro atoms. The first kappa shape index (κ1) is 9.38. The lowest BCUT2D eigenvalue weighted by molar-refractivity contribution is 0.414. The first-order valence-electron chi connectivity index (χ1n) is 5.01. The van der Waals surface area contributed by atoms with E-state index < -0.39 is 0 Å². The van der Waals surface area contributed by atoms with E-state index in [-0.39, 0.29) is 5.41 Å². The molecule has 0 amide bonds. The Labute approximate surface area is 85.3 Å². The Bertz CT molecular complexity index is 357. The summed E-state index contributed by atoms with van der Waals surface area (Å²) < 4.78 is 5.20. The lowest BCUT2D eigenvalue weighted by atomic mass is 9.81. The van der Waals surface area contributed by atoms with E-state index in [1.807, 2.05) is 6.07 Å². The maximum Gasteiger partial charge on any atom is 0.120 e. The van der Waals surface area contributed by atoms with E-state index in [0.717, 1.165) is 5.75 Å². The topological polar surface area (TPSA) is 21.3 Å². The van der Waals surface area contributed by atoms with Crippen LogP contribution in [0.4, 0.5) is 5.69 Å². The molecular weight excluding hydrogens is 174 g/mol. The molecule has 0 fully saturated rings. The maximum absolute atomic E-state index is 5.20. The zero-order chi connectivity index (χ0) is 10.3. The molecule has 1 aromatic rings. The predicted molar refractivity (Wildman–Crippen MR) is 59.1 cm³/mol. The van der Waals surface area contributed by atoms with Crippen LogP contribution in [0.3, 0.4) is 0 Å². The monoisotopic (exact) mass is 191 g/mol. The normalized spacial score (nSPS) is 22.7. The third kappa shape index (κ3) is 1.17. The van der Waals surface area contributed by atoms with E-state index in [9.17, 15) is 0 Å². The van der Waals surface area contributed by atoms with E-state index in [1.54, 1.807) is 7.11 Å². The fraction of sp³-hybridized carbons (Fsp3) is 0.500. The van der Waals surface area contributed by atoms with Crippen LogP contribution in [0.25, 0.3) is 0 Å². The molecule has 1 atom stereocenters. The van der Waals surface area contributed by atoms with Crippen molar-refractivity contribution in [1.29, 1.82) is 0 Å². The van der Waals surface area contributed by atoms with Crippen molar-refractivity contribution in [1.82, 2.24) is 0 Å². The van der Waals surface area contributed by atoms with Crippen LogP contribution >= 0.6 is 0 Å². The molecule has 1 unspecified atom stereocenters. The number of rotatable bonds is 1. The SMILES string of the molecule is COc1ccc2c(c1)NC(C)C2(C)C. The van der Waals surface area contributed by atoms with Crippen molar-refractivity contribution in [2.45, 2.75) is 32.2 Å². The minimum atomic E-state index is 0.210. The second-order valence-electron chi connectivity index (χ2n) is 4.50. The Kier molecular flexibility index (Phi) is 1.95. The van der Waals surface area contributed by atoms with Gasteiger partial charge in [-0.3, -0.25) is 0 Å². The summed E-state index contributed by atoms with van der Waals surface area (Å²) in [5.74, 6) is 0.918. The minimum Gasteiger partial charge on any atom is -0.497 e. The molecule has 0 aromatic heterocycles. The standard InChI is InChI=1S/C12H17NO/c1-8-12(2,3)10-6-5-9(14-4)7-11(10)13-8/h5-8,13H,1-4H3. The van der Waals surface area contributed by atoms with Gasteiger partial charge in [-0.2, -0.15) is 0 Å². The summed E-state index contributed by atoms with van der Waals surface area (Å²) in [6, 6.07) is 6.73. The summed E-state index contributed by atoms with van der Waals surface area (Å²) in [5.41, 5.74) is 2.80. The third-order valence-corrected chi connectivity index (χ3v) is 3.38. The number of ether oxygens (including phenoxy) is 1. The van der Waals surface area contributed by atoms with Crippen LogP contribution in [-0.2, 0) is 5.41 Å². The van der Waals surface area contributed by atoms with Gasteiger partial charge in [-0.15, -0.1) is 0 Å². The van der Waals surface area contributed by atoms with Crippen LogP contribution in [0.1, 0.15) is 26.3 Å². The molecule has 1 aliphatic rings. The first-order chi connectivity index (χ1) is 6.55. The quantitative estimate of drug-likeness (QED) is 0.737. The molecule has 76 valence electrons. The Morgan fingerprint density at radius 2 is 2.07 bits per heavy atom. The Morgan fingerprint density at radius 1 is 1.36 bits per heavy atom. The summed E-state index contributed by atoms with van der Waals surface area (Å²) in [6.45, 7) is 6.75. The Balaban J connectivity index is 2.48. The van der Waals surface area contributed by atoms with E-state index in [1.165, 1.54) is 11.3 Å². The summed E-state index contributed by atoms with van der Waals surface area (Å²) in [5, 5.41) is 3.48. The van der Waals surface area contributed by atoms with Crippen molar-refractivity contribution in [3.63, 3.8) is 0 Å². The van der Waals surface area contributed by atoms with Gasteiger partial charge in [0.1, 0.15) is 5.75 Å². The van der Waals surface area contributed by atoms with E-state index >= 15 is 0 Å². The molecule has 2 nitrogen and oxygen atoms in total. The largest absolute Gasteiger partial charge is 0.497 e. The second-order valence-corrected chi connectivity index (χ2v) is 4.50. The first-order valence-corrected chi connectivity index (χ1v) is 5.01. The Hall–Kier alpha value is -1.18. The zero-order valence-corrected chi connectivity index (χ0v) is 9.22. The van der Waals surface area contributed by atoms with Gasteiger partial charge in [-0.25, -0.2) is 0 Å². The van der Waals surface area contributed by atoms with Gasteiger partial charge < -0.3 is 10.1 Å². The van der Waals surface area contributed by atoms with Gasteiger partial charge in [0.05, 0.1) is 7.11 Å². The summed E-state index contributed by atoms with van der Waals surface area (Å²) in [4.78, 5) is 0. The van der Waals surface area contributed by atoms with Gasteiger partial charge in [-0.05, 0) is 18.6 Å². The van der Waals surface area contributed by atoms with Crippen molar-refractivity contribution in [2.75, 3.05) is 12.4 Å². The molecule has 0 saturated carbocycles. The number of fused-ring (bicyclic) bond motifs is 1. The summed E-state index contributed by atoms with van der Waals surface area (Å²) in [7, 11) is 1.70.